The molecule has 2 aliphatic rings. The van der Waals surface area contributed by atoms with Crippen molar-refractivity contribution >= 4 is 0 Å². The van der Waals surface area contributed by atoms with E-state index in [0.29, 0.717) is 18.0 Å². The molecule has 26 heavy (non-hydrogen) atoms. The van der Waals surface area contributed by atoms with E-state index in [9.17, 15) is 0 Å². The summed E-state index contributed by atoms with van der Waals surface area (Å²) in [6, 6.07) is 5.61. The largest absolute Gasteiger partial charge is 0.493 e. The molecule has 4 heteroatoms. The van der Waals surface area contributed by atoms with E-state index < -0.39 is 0 Å². The van der Waals surface area contributed by atoms with Crippen molar-refractivity contribution in [3.05, 3.63) is 23.3 Å². The van der Waals surface area contributed by atoms with Crippen LogP contribution in [-0.4, -0.2) is 56.2 Å². The molecule has 2 aliphatic heterocycles. The van der Waals surface area contributed by atoms with Crippen LogP contribution >= 0.6 is 0 Å². The van der Waals surface area contributed by atoms with Crippen LogP contribution in [-0.2, 0) is 6.42 Å². The Morgan fingerprint density at radius 1 is 1.08 bits per heavy atom. The first-order chi connectivity index (χ1) is 12.4. The van der Waals surface area contributed by atoms with Crippen LogP contribution in [0.3, 0.4) is 0 Å². The van der Waals surface area contributed by atoms with Gasteiger partial charge in [0.1, 0.15) is 0 Å². The molecule has 0 aliphatic carbocycles. The zero-order valence-corrected chi connectivity index (χ0v) is 17.4. The van der Waals surface area contributed by atoms with E-state index >= 15 is 0 Å². The SMILES string of the molecule is COc1cc2c(cc1OCC(C)C)CCN1C[C@@H](CC(C)C)N(C)CC21. The number of hydrogen-bond acceptors (Lipinski definition) is 4. The van der Waals surface area contributed by atoms with E-state index in [2.05, 4.69) is 56.7 Å². The molecule has 146 valence electrons. The zero-order chi connectivity index (χ0) is 18.8. The summed E-state index contributed by atoms with van der Waals surface area (Å²) in [5.74, 6) is 3.03. The average Bonchev–Trinajstić information content (AvgIpc) is 2.59. The number of nitrogens with zero attached hydrogens (tertiary/aromatic N) is 2. The maximum absolute atomic E-state index is 6.02. The van der Waals surface area contributed by atoms with Gasteiger partial charge in [0.2, 0.25) is 0 Å². The molecule has 1 fully saturated rings. The molecule has 0 aromatic heterocycles. The third-order valence-electron chi connectivity index (χ3n) is 5.74. The van der Waals surface area contributed by atoms with Crippen molar-refractivity contribution in [3.8, 4) is 11.5 Å². The van der Waals surface area contributed by atoms with Crippen molar-refractivity contribution < 1.29 is 9.47 Å². The first-order valence-electron chi connectivity index (χ1n) is 10.2. The summed E-state index contributed by atoms with van der Waals surface area (Å²) in [5.41, 5.74) is 2.86. The topological polar surface area (TPSA) is 24.9 Å². The molecule has 1 unspecified atom stereocenters. The minimum atomic E-state index is 0.472. The van der Waals surface area contributed by atoms with E-state index in [0.717, 1.165) is 43.5 Å². The Morgan fingerprint density at radius 2 is 1.85 bits per heavy atom. The predicted octanol–water partition coefficient (Wildman–Crippen LogP) is 3.99. The molecule has 3 rings (SSSR count). The van der Waals surface area contributed by atoms with Crippen molar-refractivity contribution in [2.45, 2.75) is 52.6 Å². The van der Waals surface area contributed by atoms with Gasteiger partial charge in [0.05, 0.1) is 13.7 Å². The molecule has 2 heterocycles. The molecule has 2 atom stereocenters. The molecular weight excluding hydrogens is 324 g/mol. The molecule has 0 spiro atoms. The zero-order valence-electron chi connectivity index (χ0n) is 17.4. The summed E-state index contributed by atoms with van der Waals surface area (Å²) >= 11 is 0. The Hall–Kier alpha value is -1.26. The summed E-state index contributed by atoms with van der Waals surface area (Å²) in [5, 5.41) is 0. The van der Waals surface area contributed by atoms with Gasteiger partial charge in [0.15, 0.2) is 11.5 Å². The van der Waals surface area contributed by atoms with Crippen LogP contribution in [0.4, 0.5) is 0 Å². The maximum atomic E-state index is 6.02. The summed E-state index contributed by atoms with van der Waals surface area (Å²) in [6.07, 6.45) is 2.38. The number of piperazine rings is 1. The van der Waals surface area contributed by atoms with Crippen LogP contribution in [0.1, 0.15) is 51.3 Å². The standard InChI is InChI=1S/C22H36N2O2/c1-15(2)9-18-12-24-8-7-17-10-22(26-14-16(3)4)21(25-6)11-19(17)20(24)13-23(18)5/h10-11,15-16,18,20H,7-9,12-14H2,1-6H3/t18-,20?/m1/s1. The lowest BCUT2D eigenvalue weighted by atomic mass is 9.88. The lowest BCUT2D eigenvalue weighted by Gasteiger charge is -2.48. The highest BCUT2D eigenvalue weighted by molar-refractivity contribution is 5.49. The van der Waals surface area contributed by atoms with Gasteiger partial charge in [0.25, 0.3) is 0 Å². The van der Waals surface area contributed by atoms with Crippen molar-refractivity contribution in [2.75, 3.05) is 40.4 Å². The smallest absolute Gasteiger partial charge is 0.161 e. The molecule has 1 aromatic rings. The van der Waals surface area contributed by atoms with E-state index in [1.165, 1.54) is 24.1 Å². The summed E-state index contributed by atoms with van der Waals surface area (Å²) < 4.78 is 11.7. The van der Waals surface area contributed by atoms with Gasteiger partial charge in [-0.05, 0) is 55.0 Å². The normalized spacial score (nSPS) is 23.8. The minimum Gasteiger partial charge on any atom is -0.493 e. The Morgan fingerprint density at radius 3 is 2.50 bits per heavy atom. The number of rotatable bonds is 6. The van der Waals surface area contributed by atoms with E-state index in [1.54, 1.807) is 7.11 Å². The number of methoxy groups -OCH3 is 1. The monoisotopic (exact) mass is 360 g/mol. The number of benzene rings is 1. The van der Waals surface area contributed by atoms with Gasteiger partial charge in [-0.2, -0.15) is 0 Å². The van der Waals surface area contributed by atoms with Crippen LogP contribution in [0.2, 0.25) is 0 Å². The highest BCUT2D eigenvalue weighted by Gasteiger charge is 2.36. The average molecular weight is 361 g/mol. The van der Waals surface area contributed by atoms with Gasteiger partial charge >= 0.3 is 0 Å². The fourth-order valence-electron chi connectivity index (χ4n) is 4.35. The third kappa shape index (κ3) is 4.17. The lowest BCUT2D eigenvalue weighted by molar-refractivity contribution is 0.0294. The van der Waals surface area contributed by atoms with Crippen LogP contribution in [0, 0.1) is 11.8 Å². The summed E-state index contributed by atoms with van der Waals surface area (Å²) in [7, 11) is 4.03. The van der Waals surface area contributed by atoms with Gasteiger partial charge in [0, 0.05) is 31.7 Å². The first-order valence-corrected chi connectivity index (χ1v) is 10.2. The number of ether oxygens (including phenoxy) is 2. The summed E-state index contributed by atoms with van der Waals surface area (Å²) in [6.45, 7) is 13.2. The molecule has 0 saturated carbocycles. The molecule has 1 aromatic carbocycles. The van der Waals surface area contributed by atoms with Gasteiger partial charge in [-0.15, -0.1) is 0 Å². The van der Waals surface area contributed by atoms with Crippen molar-refractivity contribution in [3.63, 3.8) is 0 Å². The van der Waals surface area contributed by atoms with Crippen LogP contribution < -0.4 is 9.47 Å². The Balaban J connectivity index is 1.82. The Bertz CT molecular complexity index is 614. The second kappa shape index (κ2) is 8.18. The molecule has 0 bridgehead atoms. The van der Waals surface area contributed by atoms with E-state index in [4.69, 9.17) is 9.47 Å². The fraction of sp³-hybridized carbons (Fsp3) is 0.727. The molecule has 4 nitrogen and oxygen atoms in total. The highest BCUT2D eigenvalue weighted by Crippen LogP contribution is 2.40. The van der Waals surface area contributed by atoms with E-state index in [-0.39, 0.29) is 0 Å². The second-order valence-electron chi connectivity index (χ2n) is 8.89. The second-order valence-corrected chi connectivity index (χ2v) is 8.89. The molecular formula is C22H36N2O2. The Labute approximate surface area is 159 Å². The van der Waals surface area contributed by atoms with Gasteiger partial charge in [-0.1, -0.05) is 27.7 Å². The lowest BCUT2D eigenvalue weighted by Crippen LogP contribution is -2.55. The number of hydrogen-bond donors (Lipinski definition) is 0. The molecule has 0 N–H and O–H groups in total. The minimum absolute atomic E-state index is 0.472. The van der Waals surface area contributed by atoms with Crippen molar-refractivity contribution in [1.82, 2.24) is 9.80 Å². The van der Waals surface area contributed by atoms with Crippen LogP contribution in [0.15, 0.2) is 12.1 Å². The highest BCUT2D eigenvalue weighted by atomic mass is 16.5. The molecule has 1 saturated heterocycles. The van der Waals surface area contributed by atoms with Crippen LogP contribution in [0.5, 0.6) is 11.5 Å². The summed E-state index contributed by atoms with van der Waals surface area (Å²) in [4.78, 5) is 5.25. The van der Waals surface area contributed by atoms with Gasteiger partial charge < -0.3 is 14.4 Å². The maximum Gasteiger partial charge on any atom is 0.161 e. The molecule has 0 amide bonds. The van der Waals surface area contributed by atoms with Gasteiger partial charge in [-0.3, -0.25) is 4.90 Å². The van der Waals surface area contributed by atoms with Gasteiger partial charge in [-0.25, -0.2) is 0 Å². The predicted molar refractivity (Wildman–Crippen MR) is 107 cm³/mol. The van der Waals surface area contributed by atoms with Crippen molar-refractivity contribution in [1.29, 1.82) is 0 Å². The quantitative estimate of drug-likeness (QED) is 0.766. The first kappa shape index (κ1) is 19.5. The Kier molecular flexibility index (Phi) is 6.13. The number of fused-ring (bicyclic) bond motifs is 3. The number of likely N-dealkylation sites (N-methyl/N-ethyl adjacent to an activating group) is 1. The van der Waals surface area contributed by atoms with E-state index in [1.807, 2.05) is 0 Å². The van der Waals surface area contributed by atoms with Crippen molar-refractivity contribution in [2.24, 2.45) is 11.8 Å². The van der Waals surface area contributed by atoms with Crippen LogP contribution in [0.25, 0.3) is 0 Å². The third-order valence-corrected chi connectivity index (χ3v) is 5.74. The fourth-order valence-corrected chi connectivity index (χ4v) is 4.35. The molecule has 0 radical (unpaired) electrons.